The highest BCUT2D eigenvalue weighted by atomic mass is 32.1. The molecule has 0 aromatic carbocycles. The van der Waals surface area contributed by atoms with Crippen LogP contribution in [-0.2, 0) is 0 Å². The molecule has 4 heteroatoms. The largest absolute Gasteiger partial charge is 0.306 e. The van der Waals surface area contributed by atoms with E-state index in [1.54, 1.807) is 0 Å². The standard InChI is InChI=1S/C16H22N2S2/c1-18-8-6-13(7-9-18)12-17-16(14-4-2-10-19-14)15-5-3-11-20-15/h2-5,10-11,13,16-17H,6-9,12H2,1H3. The van der Waals surface area contributed by atoms with Crippen LogP contribution in [0, 0.1) is 5.92 Å². The fourth-order valence-corrected chi connectivity index (χ4v) is 4.51. The number of hydrogen-bond acceptors (Lipinski definition) is 4. The molecule has 1 fully saturated rings. The molecule has 2 aromatic rings. The van der Waals surface area contributed by atoms with Crippen LogP contribution in [0.5, 0.6) is 0 Å². The van der Waals surface area contributed by atoms with Crippen molar-refractivity contribution in [1.82, 2.24) is 10.2 Å². The third-order valence-electron chi connectivity index (χ3n) is 4.10. The van der Waals surface area contributed by atoms with Crippen LogP contribution in [-0.4, -0.2) is 31.6 Å². The summed E-state index contributed by atoms with van der Waals surface area (Å²) in [6.07, 6.45) is 2.65. The highest BCUT2D eigenvalue weighted by Crippen LogP contribution is 2.29. The second-order valence-corrected chi connectivity index (χ2v) is 7.58. The van der Waals surface area contributed by atoms with Crippen molar-refractivity contribution >= 4 is 22.7 Å². The summed E-state index contributed by atoms with van der Waals surface area (Å²) in [6, 6.07) is 9.18. The molecule has 1 saturated heterocycles. The summed E-state index contributed by atoms with van der Waals surface area (Å²) in [5.74, 6) is 0.827. The van der Waals surface area contributed by atoms with Crippen molar-refractivity contribution in [3.8, 4) is 0 Å². The Morgan fingerprint density at radius 3 is 2.25 bits per heavy atom. The van der Waals surface area contributed by atoms with E-state index < -0.39 is 0 Å². The zero-order chi connectivity index (χ0) is 13.8. The Bertz CT molecular complexity index is 450. The van der Waals surface area contributed by atoms with E-state index >= 15 is 0 Å². The van der Waals surface area contributed by atoms with Crippen LogP contribution in [0.3, 0.4) is 0 Å². The van der Waals surface area contributed by atoms with Gasteiger partial charge >= 0.3 is 0 Å². The summed E-state index contributed by atoms with van der Waals surface area (Å²) in [5.41, 5.74) is 0. The number of piperidine rings is 1. The second-order valence-electron chi connectivity index (χ2n) is 5.62. The van der Waals surface area contributed by atoms with Gasteiger partial charge < -0.3 is 10.2 Å². The summed E-state index contributed by atoms with van der Waals surface area (Å²) in [4.78, 5) is 5.30. The molecule has 2 aromatic heterocycles. The monoisotopic (exact) mass is 306 g/mol. The molecule has 0 unspecified atom stereocenters. The lowest BCUT2D eigenvalue weighted by atomic mass is 9.96. The highest BCUT2D eigenvalue weighted by Gasteiger charge is 2.20. The Hall–Kier alpha value is -0.680. The maximum atomic E-state index is 3.81. The van der Waals surface area contributed by atoms with Gasteiger partial charge in [0.2, 0.25) is 0 Å². The fourth-order valence-electron chi connectivity index (χ4n) is 2.80. The third kappa shape index (κ3) is 3.50. The molecular weight excluding hydrogens is 284 g/mol. The van der Waals surface area contributed by atoms with Gasteiger partial charge in [0.15, 0.2) is 0 Å². The topological polar surface area (TPSA) is 15.3 Å². The molecular formula is C16H22N2S2. The summed E-state index contributed by atoms with van der Waals surface area (Å²) in [5, 5.41) is 8.16. The number of thiophene rings is 2. The number of rotatable bonds is 5. The van der Waals surface area contributed by atoms with Crippen molar-refractivity contribution < 1.29 is 0 Å². The van der Waals surface area contributed by atoms with E-state index in [9.17, 15) is 0 Å². The molecule has 0 bridgehead atoms. The number of nitrogens with zero attached hydrogens (tertiary/aromatic N) is 1. The molecule has 3 heterocycles. The maximum absolute atomic E-state index is 3.81. The maximum Gasteiger partial charge on any atom is 0.0764 e. The lowest BCUT2D eigenvalue weighted by Crippen LogP contribution is -2.36. The van der Waals surface area contributed by atoms with Crippen LogP contribution in [0.1, 0.15) is 28.6 Å². The predicted molar refractivity (Wildman–Crippen MR) is 88.7 cm³/mol. The predicted octanol–water partition coefficient (Wildman–Crippen LogP) is 3.83. The van der Waals surface area contributed by atoms with Crippen molar-refractivity contribution in [2.24, 2.45) is 5.92 Å². The molecule has 0 atom stereocenters. The second kappa shape index (κ2) is 6.85. The molecule has 0 radical (unpaired) electrons. The lowest BCUT2D eigenvalue weighted by molar-refractivity contribution is 0.214. The van der Waals surface area contributed by atoms with Gasteiger partial charge in [-0.2, -0.15) is 0 Å². The van der Waals surface area contributed by atoms with Gasteiger partial charge in [-0.15, -0.1) is 22.7 Å². The number of likely N-dealkylation sites (tertiary alicyclic amines) is 1. The van der Waals surface area contributed by atoms with Crippen molar-refractivity contribution in [2.75, 3.05) is 26.7 Å². The van der Waals surface area contributed by atoms with Gasteiger partial charge in [-0.25, -0.2) is 0 Å². The molecule has 0 spiro atoms. The van der Waals surface area contributed by atoms with Crippen LogP contribution >= 0.6 is 22.7 Å². The van der Waals surface area contributed by atoms with Gasteiger partial charge in [0.25, 0.3) is 0 Å². The van der Waals surface area contributed by atoms with Crippen LogP contribution in [0.2, 0.25) is 0 Å². The first-order valence-corrected chi connectivity index (χ1v) is 9.07. The van der Waals surface area contributed by atoms with Crippen molar-refractivity contribution in [3.63, 3.8) is 0 Å². The van der Waals surface area contributed by atoms with Gasteiger partial charge in [0.1, 0.15) is 0 Å². The first kappa shape index (κ1) is 14.3. The Morgan fingerprint density at radius 2 is 1.75 bits per heavy atom. The average molecular weight is 307 g/mol. The minimum Gasteiger partial charge on any atom is -0.306 e. The van der Waals surface area contributed by atoms with E-state index in [1.165, 1.54) is 35.7 Å². The smallest absolute Gasteiger partial charge is 0.0764 e. The number of nitrogens with one attached hydrogen (secondary N) is 1. The molecule has 0 saturated carbocycles. The van der Waals surface area contributed by atoms with Gasteiger partial charge in [-0.1, -0.05) is 12.1 Å². The zero-order valence-corrected chi connectivity index (χ0v) is 13.6. The molecule has 1 aliphatic rings. The zero-order valence-electron chi connectivity index (χ0n) is 11.9. The quantitative estimate of drug-likeness (QED) is 0.903. The van der Waals surface area contributed by atoms with E-state index in [1.807, 2.05) is 22.7 Å². The van der Waals surface area contributed by atoms with Gasteiger partial charge in [0.05, 0.1) is 6.04 Å². The van der Waals surface area contributed by atoms with Gasteiger partial charge in [-0.05, 0) is 68.3 Å². The van der Waals surface area contributed by atoms with Crippen LogP contribution in [0.15, 0.2) is 35.0 Å². The highest BCUT2D eigenvalue weighted by molar-refractivity contribution is 7.11. The summed E-state index contributed by atoms with van der Waals surface area (Å²) >= 11 is 3.70. The Balaban J connectivity index is 1.63. The Morgan fingerprint density at radius 1 is 1.15 bits per heavy atom. The first-order chi connectivity index (χ1) is 9.83. The molecule has 1 N–H and O–H groups in total. The average Bonchev–Trinajstić information content (AvgIpc) is 3.14. The minimum atomic E-state index is 0.384. The summed E-state index contributed by atoms with van der Waals surface area (Å²) < 4.78 is 0. The summed E-state index contributed by atoms with van der Waals surface area (Å²) in [6.45, 7) is 3.62. The van der Waals surface area contributed by atoms with E-state index in [2.05, 4.69) is 52.3 Å². The van der Waals surface area contributed by atoms with Crippen molar-refractivity contribution in [2.45, 2.75) is 18.9 Å². The Kier molecular flexibility index (Phi) is 4.89. The molecule has 0 amide bonds. The van der Waals surface area contributed by atoms with E-state index in [0.717, 1.165) is 12.5 Å². The van der Waals surface area contributed by atoms with Crippen LogP contribution in [0.25, 0.3) is 0 Å². The van der Waals surface area contributed by atoms with E-state index in [-0.39, 0.29) is 0 Å². The van der Waals surface area contributed by atoms with Gasteiger partial charge in [-0.3, -0.25) is 0 Å². The first-order valence-electron chi connectivity index (χ1n) is 7.31. The molecule has 108 valence electrons. The number of hydrogen-bond donors (Lipinski definition) is 1. The Labute approximate surface area is 129 Å². The van der Waals surface area contributed by atoms with Crippen LogP contribution < -0.4 is 5.32 Å². The van der Waals surface area contributed by atoms with E-state index in [4.69, 9.17) is 0 Å². The van der Waals surface area contributed by atoms with Crippen molar-refractivity contribution in [3.05, 3.63) is 44.8 Å². The van der Waals surface area contributed by atoms with Crippen molar-refractivity contribution in [1.29, 1.82) is 0 Å². The normalized spacial score (nSPS) is 17.9. The van der Waals surface area contributed by atoms with E-state index in [0.29, 0.717) is 6.04 Å². The molecule has 3 rings (SSSR count). The van der Waals surface area contributed by atoms with Gasteiger partial charge in [0, 0.05) is 9.75 Å². The molecule has 1 aliphatic heterocycles. The molecule has 0 aliphatic carbocycles. The third-order valence-corrected chi connectivity index (χ3v) is 5.98. The molecule has 2 nitrogen and oxygen atoms in total. The fraction of sp³-hybridized carbons (Fsp3) is 0.500. The summed E-state index contributed by atoms with van der Waals surface area (Å²) in [7, 11) is 2.23. The molecule has 20 heavy (non-hydrogen) atoms. The van der Waals surface area contributed by atoms with Crippen LogP contribution in [0.4, 0.5) is 0 Å². The lowest BCUT2D eigenvalue weighted by Gasteiger charge is -2.30. The minimum absolute atomic E-state index is 0.384. The SMILES string of the molecule is CN1CCC(CNC(c2cccs2)c2cccs2)CC1.